The van der Waals surface area contributed by atoms with E-state index in [1.807, 2.05) is 12.1 Å². The highest BCUT2D eigenvalue weighted by Crippen LogP contribution is 2.40. The first-order valence-electron chi connectivity index (χ1n) is 12.6. The van der Waals surface area contributed by atoms with Gasteiger partial charge in [0.1, 0.15) is 12.4 Å². The molecule has 1 N–H and O–H groups in total. The first-order valence-corrected chi connectivity index (χ1v) is 12.6. The fourth-order valence-corrected chi connectivity index (χ4v) is 4.79. The summed E-state index contributed by atoms with van der Waals surface area (Å²) in [6.07, 6.45) is 4.61. The highest BCUT2D eigenvalue weighted by atomic mass is 16.5. The SMILES string of the molecule is CC(C)C(C)(c1ccc(OCc2ncccn2)cc1)c1ccc(-c2nnn(CC3CCNC3)n2)cc1. The van der Waals surface area contributed by atoms with Crippen LogP contribution in [0, 0.1) is 11.8 Å². The molecule has 2 aromatic carbocycles. The molecule has 0 saturated carbocycles. The maximum atomic E-state index is 5.88. The van der Waals surface area contributed by atoms with Gasteiger partial charge in [-0.1, -0.05) is 57.2 Å². The minimum atomic E-state index is -0.167. The summed E-state index contributed by atoms with van der Waals surface area (Å²) >= 11 is 0. The minimum absolute atomic E-state index is 0.167. The van der Waals surface area contributed by atoms with E-state index in [1.165, 1.54) is 11.1 Å². The van der Waals surface area contributed by atoms with Gasteiger partial charge < -0.3 is 10.1 Å². The van der Waals surface area contributed by atoms with E-state index in [-0.39, 0.29) is 5.41 Å². The Morgan fingerprint density at radius 1 is 1.03 bits per heavy atom. The van der Waals surface area contributed by atoms with Gasteiger partial charge in [0, 0.05) is 23.4 Å². The van der Waals surface area contributed by atoms with Crippen LogP contribution in [0.5, 0.6) is 5.75 Å². The number of benzene rings is 2. The Kier molecular flexibility index (Phi) is 7.04. The molecule has 0 amide bonds. The smallest absolute Gasteiger partial charge is 0.204 e. The van der Waals surface area contributed by atoms with Crippen molar-refractivity contribution in [3.8, 4) is 17.1 Å². The van der Waals surface area contributed by atoms with E-state index in [9.17, 15) is 0 Å². The van der Waals surface area contributed by atoms with Crippen LogP contribution in [0.25, 0.3) is 11.4 Å². The number of ether oxygens (including phenoxy) is 1. The lowest BCUT2D eigenvalue weighted by Crippen LogP contribution is -2.30. The van der Waals surface area contributed by atoms with Crippen molar-refractivity contribution in [1.29, 1.82) is 0 Å². The van der Waals surface area contributed by atoms with Gasteiger partial charge in [0.05, 0.1) is 6.54 Å². The average Bonchev–Trinajstić information content (AvgIpc) is 3.61. The molecule has 1 aliphatic rings. The molecule has 0 aliphatic carbocycles. The van der Waals surface area contributed by atoms with Gasteiger partial charge in [0.15, 0.2) is 5.82 Å². The van der Waals surface area contributed by atoms with E-state index >= 15 is 0 Å². The van der Waals surface area contributed by atoms with Crippen LogP contribution in [-0.4, -0.2) is 43.3 Å². The van der Waals surface area contributed by atoms with Gasteiger partial charge >= 0.3 is 0 Å². The lowest BCUT2D eigenvalue weighted by atomic mass is 9.68. The molecule has 2 aromatic heterocycles. The molecular weight excluding hydrogens is 450 g/mol. The number of tetrazole rings is 1. The Morgan fingerprint density at radius 3 is 2.36 bits per heavy atom. The zero-order valence-corrected chi connectivity index (χ0v) is 21.1. The fourth-order valence-electron chi connectivity index (χ4n) is 4.79. The van der Waals surface area contributed by atoms with Crippen LogP contribution >= 0.6 is 0 Å². The van der Waals surface area contributed by atoms with Crippen molar-refractivity contribution < 1.29 is 4.74 Å². The summed E-state index contributed by atoms with van der Waals surface area (Å²) in [6.45, 7) is 10.1. The predicted molar refractivity (Wildman–Crippen MR) is 138 cm³/mol. The molecule has 1 aliphatic heterocycles. The second kappa shape index (κ2) is 10.5. The lowest BCUT2D eigenvalue weighted by Gasteiger charge is -2.35. The average molecular weight is 484 g/mol. The van der Waals surface area contributed by atoms with E-state index in [1.54, 1.807) is 23.3 Å². The third-order valence-electron chi connectivity index (χ3n) is 7.38. The van der Waals surface area contributed by atoms with Crippen molar-refractivity contribution in [1.82, 2.24) is 35.5 Å². The number of hydrogen-bond acceptors (Lipinski definition) is 7. The van der Waals surface area contributed by atoms with Gasteiger partial charge in [0.25, 0.3) is 0 Å². The normalized spacial score (nSPS) is 17.3. The van der Waals surface area contributed by atoms with E-state index in [2.05, 4.69) is 87.9 Å². The van der Waals surface area contributed by atoms with Crippen molar-refractivity contribution in [2.45, 2.75) is 45.8 Å². The Hall–Kier alpha value is -3.65. The number of nitrogens with one attached hydrogen (secondary N) is 1. The molecular formula is C28H33N7O. The molecule has 4 aromatic rings. The first kappa shape index (κ1) is 24.1. The Labute approximate surface area is 212 Å². The minimum Gasteiger partial charge on any atom is -0.486 e. The number of rotatable bonds is 9. The van der Waals surface area contributed by atoms with Gasteiger partial charge in [-0.15, -0.1) is 10.2 Å². The largest absolute Gasteiger partial charge is 0.486 e. The Morgan fingerprint density at radius 2 is 1.72 bits per heavy atom. The van der Waals surface area contributed by atoms with Gasteiger partial charge in [-0.05, 0) is 65.9 Å². The predicted octanol–water partition coefficient (Wildman–Crippen LogP) is 4.28. The molecule has 8 nitrogen and oxygen atoms in total. The second-order valence-corrected chi connectivity index (χ2v) is 9.94. The number of nitrogens with zero attached hydrogens (tertiary/aromatic N) is 6. The molecule has 2 unspecified atom stereocenters. The summed E-state index contributed by atoms with van der Waals surface area (Å²) in [7, 11) is 0. The third-order valence-corrected chi connectivity index (χ3v) is 7.38. The maximum absolute atomic E-state index is 5.88. The Bertz CT molecular complexity index is 1250. The van der Waals surface area contributed by atoms with Crippen LogP contribution in [0.4, 0.5) is 0 Å². The summed E-state index contributed by atoms with van der Waals surface area (Å²) in [4.78, 5) is 10.2. The second-order valence-electron chi connectivity index (χ2n) is 9.94. The van der Waals surface area contributed by atoms with E-state index in [0.29, 0.717) is 30.1 Å². The van der Waals surface area contributed by atoms with E-state index in [0.717, 1.165) is 37.4 Å². The molecule has 0 radical (unpaired) electrons. The van der Waals surface area contributed by atoms with Gasteiger partial charge in [-0.25, -0.2) is 9.97 Å². The van der Waals surface area contributed by atoms with Crippen molar-refractivity contribution in [2.75, 3.05) is 13.1 Å². The number of aromatic nitrogens is 6. The van der Waals surface area contributed by atoms with E-state index in [4.69, 9.17) is 4.74 Å². The summed E-state index contributed by atoms with van der Waals surface area (Å²) < 4.78 is 5.88. The van der Waals surface area contributed by atoms with Crippen LogP contribution in [0.2, 0.25) is 0 Å². The van der Waals surface area contributed by atoms with Crippen molar-refractivity contribution in [2.24, 2.45) is 11.8 Å². The maximum Gasteiger partial charge on any atom is 0.204 e. The zero-order valence-electron chi connectivity index (χ0n) is 21.1. The summed E-state index contributed by atoms with van der Waals surface area (Å²) in [6, 6.07) is 18.7. The molecule has 1 saturated heterocycles. The monoisotopic (exact) mass is 483 g/mol. The van der Waals surface area contributed by atoms with Crippen LogP contribution in [0.1, 0.15) is 44.1 Å². The molecule has 5 rings (SSSR count). The van der Waals surface area contributed by atoms with Crippen LogP contribution < -0.4 is 10.1 Å². The summed E-state index contributed by atoms with van der Waals surface area (Å²) in [5.41, 5.74) is 3.30. The van der Waals surface area contributed by atoms with Crippen molar-refractivity contribution in [3.05, 3.63) is 83.9 Å². The Balaban J connectivity index is 1.30. The van der Waals surface area contributed by atoms with Gasteiger partial charge in [-0.2, -0.15) is 4.80 Å². The van der Waals surface area contributed by atoms with Crippen molar-refractivity contribution in [3.63, 3.8) is 0 Å². The van der Waals surface area contributed by atoms with Gasteiger partial charge in [0.2, 0.25) is 5.82 Å². The molecule has 0 spiro atoms. The highest BCUT2D eigenvalue weighted by molar-refractivity contribution is 5.56. The molecule has 3 heterocycles. The molecule has 2 atom stereocenters. The van der Waals surface area contributed by atoms with Crippen molar-refractivity contribution >= 4 is 0 Å². The van der Waals surface area contributed by atoms with Crippen LogP contribution in [0.15, 0.2) is 67.0 Å². The zero-order chi connectivity index (χ0) is 25.0. The molecule has 1 fully saturated rings. The lowest BCUT2D eigenvalue weighted by molar-refractivity contribution is 0.295. The van der Waals surface area contributed by atoms with Crippen LogP contribution in [-0.2, 0) is 18.6 Å². The first-order chi connectivity index (χ1) is 17.5. The molecule has 186 valence electrons. The summed E-state index contributed by atoms with van der Waals surface area (Å²) in [5, 5.41) is 16.6. The quantitative estimate of drug-likeness (QED) is 0.380. The number of hydrogen-bond donors (Lipinski definition) is 1. The topological polar surface area (TPSA) is 90.6 Å². The van der Waals surface area contributed by atoms with Gasteiger partial charge in [-0.3, -0.25) is 0 Å². The third kappa shape index (κ3) is 5.14. The standard InChI is InChI=1S/C28H33N7O/c1-20(2)28(3,24-9-11-25(12-10-24)36-19-26-30-14-4-15-31-26)23-7-5-22(6-8-23)27-32-34-35(33-27)18-21-13-16-29-17-21/h4-12,14-15,20-21,29H,13,16-19H2,1-3H3. The summed E-state index contributed by atoms with van der Waals surface area (Å²) in [5.74, 6) is 3.09. The molecule has 8 heteroatoms. The van der Waals surface area contributed by atoms with Crippen LogP contribution in [0.3, 0.4) is 0 Å². The van der Waals surface area contributed by atoms with E-state index < -0.39 is 0 Å². The molecule has 36 heavy (non-hydrogen) atoms. The molecule has 0 bridgehead atoms. The fraction of sp³-hybridized carbons (Fsp3) is 0.393. The highest BCUT2D eigenvalue weighted by Gasteiger charge is 2.32.